The number of carbonyl (C=O) groups is 1. The van der Waals surface area contributed by atoms with E-state index >= 15 is 0 Å². The summed E-state index contributed by atoms with van der Waals surface area (Å²) in [6, 6.07) is 0.571. The third-order valence-corrected chi connectivity index (χ3v) is 3.69. The molecular weight excluding hydrogens is 230 g/mol. The Bertz CT molecular complexity index is 299. The second kappa shape index (κ2) is 5.57. The molecule has 2 aliphatic rings. The van der Waals surface area contributed by atoms with Crippen LogP contribution in [0.15, 0.2) is 0 Å². The molecule has 0 spiro atoms. The number of nitrogens with zero attached hydrogens (tertiary/aromatic N) is 1. The molecule has 2 rings (SSSR count). The van der Waals surface area contributed by atoms with E-state index < -0.39 is 0 Å². The second-order valence-electron chi connectivity index (χ2n) is 6.00. The highest BCUT2D eigenvalue weighted by atomic mass is 16.5. The SMILES string of the molecule is CCOC(=O)CN(CC1CCC(C)(C)O1)C1CC1. The zero-order valence-corrected chi connectivity index (χ0v) is 11.8. The Morgan fingerprint density at radius 1 is 1.39 bits per heavy atom. The van der Waals surface area contributed by atoms with Gasteiger partial charge in [0.05, 0.1) is 24.9 Å². The quantitative estimate of drug-likeness (QED) is 0.680. The van der Waals surface area contributed by atoms with Gasteiger partial charge in [0.15, 0.2) is 0 Å². The van der Waals surface area contributed by atoms with Gasteiger partial charge in [-0.3, -0.25) is 9.69 Å². The van der Waals surface area contributed by atoms with Crippen molar-refractivity contribution in [2.24, 2.45) is 0 Å². The van der Waals surface area contributed by atoms with Crippen LogP contribution in [0.3, 0.4) is 0 Å². The molecule has 4 nitrogen and oxygen atoms in total. The molecule has 1 heterocycles. The zero-order chi connectivity index (χ0) is 13.2. The van der Waals surface area contributed by atoms with Gasteiger partial charge in [-0.2, -0.15) is 0 Å². The maximum atomic E-state index is 11.6. The summed E-state index contributed by atoms with van der Waals surface area (Å²) >= 11 is 0. The summed E-state index contributed by atoms with van der Waals surface area (Å²) in [5, 5.41) is 0. The van der Waals surface area contributed by atoms with Gasteiger partial charge in [0, 0.05) is 12.6 Å². The molecule has 104 valence electrons. The minimum absolute atomic E-state index is 0.00378. The normalized spacial score (nSPS) is 26.6. The van der Waals surface area contributed by atoms with Crippen molar-refractivity contribution < 1.29 is 14.3 Å². The molecule has 1 aliphatic heterocycles. The minimum Gasteiger partial charge on any atom is -0.465 e. The molecule has 0 aromatic rings. The molecule has 18 heavy (non-hydrogen) atoms. The van der Waals surface area contributed by atoms with Crippen LogP contribution in [0, 0.1) is 0 Å². The van der Waals surface area contributed by atoms with Gasteiger partial charge in [0.2, 0.25) is 0 Å². The van der Waals surface area contributed by atoms with Crippen LogP contribution < -0.4 is 0 Å². The maximum Gasteiger partial charge on any atom is 0.320 e. The number of hydrogen-bond donors (Lipinski definition) is 0. The van der Waals surface area contributed by atoms with Crippen LogP contribution in [0.5, 0.6) is 0 Å². The number of carbonyl (C=O) groups excluding carboxylic acids is 1. The third-order valence-electron chi connectivity index (χ3n) is 3.69. The van der Waals surface area contributed by atoms with E-state index in [9.17, 15) is 4.79 Å². The predicted molar refractivity (Wildman–Crippen MR) is 69.4 cm³/mol. The average Bonchev–Trinajstić information content (AvgIpc) is 3.04. The highest BCUT2D eigenvalue weighted by Crippen LogP contribution is 2.32. The van der Waals surface area contributed by atoms with E-state index in [1.807, 2.05) is 6.92 Å². The van der Waals surface area contributed by atoms with Crippen LogP contribution in [-0.4, -0.2) is 48.3 Å². The lowest BCUT2D eigenvalue weighted by molar-refractivity contribution is -0.145. The molecule has 1 saturated carbocycles. The topological polar surface area (TPSA) is 38.8 Å². The molecular formula is C14H25NO3. The number of ether oxygens (including phenoxy) is 2. The Balaban J connectivity index is 1.81. The molecule has 1 atom stereocenters. The monoisotopic (exact) mass is 255 g/mol. The fourth-order valence-corrected chi connectivity index (χ4v) is 2.62. The van der Waals surface area contributed by atoms with Crippen molar-refractivity contribution in [3.63, 3.8) is 0 Å². The van der Waals surface area contributed by atoms with E-state index in [1.165, 1.54) is 12.8 Å². The summed E-state index contributed by atoms with van der Waals surface area (Å²) in [5.41, 5.74) is 0.00378. The van der Waals surface area contributed by atoms with Crippen LogP contribution >= 0.6 is 0 Å². The summed E-state index contributed by atoms with van der Waals surface area (Å²) in [4.78, 5) is 13.8. The van der Waals surface area contributed by atoms with Crippen LogP contribution in [0.4, 0.5) is 0 Å². The van der Waals surface area contributed by atoms with Gasteiger partial charge in [0.25, 0.3) is 0 Å². The fourth-order valence-electron chi connectivity index (χ4n) is 2.62. The molecule has 2 fully saturated rings. The van der Waals surface area contributed by atoms with Crippen molar-refractivity contribution in [1.82, 2.24) is 4.90 Å². The van der Waals surface area contributed by atoms with E-state index in [0.717, 1.165) is 19.4 Å². The summed E-state index contributed by atoms with van der Waals surface area (Å²) in [6.07, 6.45) is 4.88. The summed E-state index contributed by atoms with van der Waals surface area (Å²) in [7, 11) is 0. The van der Waals surface area contributed by atoms with Crippen molar-refractivity contribution in [2.45, 2.75) is 64.2 Å². The lowest BCUT2D eigenvalue weighted by atomic mass is 10.1. The van der Waals surface area contributed by atoms with E-state index in [2.05, 4.69) is 18.7 Å². The lowest BCUT2D eigenvalue weighted by Gasteiger charge is -2.26. The Kier molecular flexibility index (Phi) is 4.28. The Hall–Kier alpha value is -0.610. The molecule has 0 aromatic heterocycles. The number of hydrogen-bond acceptors (Lipinski definition) is 4. The molecule has 1 unspecified atom stereocenters. The van der Waals surface area contributed by atoms with Crippen molar-refractivity contribution in [3.05, 3.63) is 0 Å². The van der Waals surface area contributed by atoms with Crippen molar-refractivity contribution in [1.29, 1.82) is 0 Å². The first kappa shape index (κ1) is 13.8. The van der Waals surface area contributed by atoms with Gasteiger partial charge in [-0.25, -0.2) is 0 Å². The van der Waals surface area contributed by atoms with Crippen LogP contribution in [0.25, 0.3) is 0 Å². The van der Waals surface area contributed by atoms with Crippen LogP contribution in [0.2, 0.25) is 0 Å². The zero-order valence-electron chi connectivity index (χ0n) is 11.8. The summed E-state index contributed by atoms with van der Waals surface area (Å²) in [5.74, 6) is -0.110. The molecule has 0 radical (unpaired) electrons. The smallest absolute Gasteiger partial charge is 0.320 e. The van der Waals surface area contributed by atoms with Gasteiger partial charge in [-0.15, -0.1) is 0 Å². The highest BCUT2D eigenvalue weighted by Gasteiger charge is 2.37. The minimum atomic E-state index is -0.110. The maximum absolute atomic E-state index is 11.6. The molecule has 0 amide bonds. The Morgan fingerprint density at radius 2 is 2.11 bits per heavy atom. The second-order valence-corrected chi connectivity index (χ2v) is 6.00. The molecule has 0 N–H and O–H groups in total. The van der Waals surface area contributed by atoms with Crippen molar-refractivity contribution in [3.8, 4) is 0 Å². The first-order chi connectivity index (χ1) is 8.50. The van der Waals surface area contributed by atoms with Crippen LogP contribution in [0.1, 0.15) is 46.5 Å². The molecule has 1 aliphatic carbocycles. The van der Waals surface area contributed by atoms with E-state index in [0.29, 0.717) is 19.2 Å². The van der Waals surface area contributed by atoms with Crippen LogP contribution in [-0.2, 0) is 14.3 Å². The van der Waals surface area contributed by atoms with Gasteiger partial charge >= 0.3 is 5.97 Å². The first-order valence-electron chi connectivity index (χ1n) is 7.07. The fraction of sp³-hybridized carbons (Fsp3) is 0.929. The Morgan fingerprint density at radius 3 is 2.61 bits per heavy atom. The van der Waals surface area contributed by atoms with Gasteiger partial charge in [-0.05, 0) is 46.5 Å². The van der Waals surface area contributed by atoms with Crippen molar-refractivity contribution >= 4 is 5.97 Å². The molecule has 0 bridgehead atoms. The van der Waals surface area contributed by atoms with Crippen molar-refractivity contribution in [2.75, 3.05) is 19.7 Å². The molecule has 0 aromatic carbocycles. The van der Waals surface area contributed by atoms with Gasteiger partial charge in [-0.1, -0.05) is 0 Å². The average molecular weight is 255 g/mol. The number of rotatable bonds is 6. The predicted octanol–water partition coefficient (Wildman–Crippen LogP) is 1.97. The van der Waals surface area contributed by atoms with E-state index in [-0.39, 0.29) is 17.7 Å². The number of esters is 1. The summed E-state index contributed by atoms with van der Waals surface area (Å²) < 4.78 is 11.0. The standard InChI is InChI=1S/C14H25NO3/c1-4-17-13(16)10-15(11-5-6-11)9-12-7-8-14(2,3)18-12/h11-12H,4-10H2,1-3H3. The highest BCUT2D eigenvalue weighted by molar-refractivity contribution is 5.71. The molecule has 4 heteroatoms. The lowest BCUT2D eigenvalue weighted by Crippen LogP contribution is -2.39. The Labute approximate surface area is 110 Å². The third kappa shape index (κ3) is 3.95. The summed E-state index contributed by atoms with van der Waals surface area (Å²) in [6.45, 7) is 7.87. The van der Waals surface area contributed by atoms with E-state index in [1.54, 1.807) is 0 Å². The van der Waals surface area contributed by atoms with Gasteiger partial charge in [0.1, 0.15) is 0 Å². The van der Waals surface area contributed by atoms with Gasteiger partial charge < -0.3 is 9.47 Å². The first-order valence-corrected chi connectivity index (χ1v) is 7.07. The largest absolute Gasteiger partial charge is 0.465 e. The van der Waals surface area contributed by atoms with E-state index in [4.69, 9.17) is 9.47 Å². The molecule has 1 saturated heterocycles.